The maximum absolute atomic E-state index is 14.9. The molecule has 4 aromatic rings. The highest BCUT2D eigenvalue weighted by molar-refractivity contribution is 5.92. The number of aromatic nitrogens is 5. The summed E-state index contributed by atoms with van der Waals surface area (Å²) in [5.74, 6) is 0.926. The molecule has 0 bridgehead atoms. The molecule has 1 fully saturated rings. The summed E-state index contributed by atoms with van der Waals surface area (Å²) in [6.45, 7) is 4.02. The molecule has 3 heterocycles. The lowest BCUT2D eigenvalue weighted by Crippen LogP contribution is -2.44. The number of carbonyl (C=O) groups is 1. The van der Waals surface area contributed by atoms with Gasteiger partial charge in [0.1, 0.15) is 28.8 Å². The molecule has 190 valence electrons. The number of rotatable bonds is 8. The third kappa shape index (κ3) is 5.05. The first-order valence-electron chi connectivity index (χ1n) is 12.2. The number of nitrogens with zero attached hydrogens (tertiary/aromatic N) is 5. The Kier molecular flexibility index (Phi) is 6.91. The van der Waals surface area contributed by atoms with Crippen molar-refractivity contribution in [2.75, 3.05) is 6.61 Å². The van der Waals surface area contributed by atoms with E-state index in [2.05, 4.69) is 25.5 Å². The lowest BCUT2D eigenvalue weighted by Gasteiger charge is -2.35. The quantitative estimate of drug-likeness (QED) is 0.374. The van der Waals surface area contributed by atoms with Crippen LogP contribution in [0.15, 0.2) is 60.8 Å². The molecule has 1 aliphatic carbocycles. The van der Waals surface area contributed by atoms with Crippen molar-refractivity contribution in [1.82, 2.24) is 30.0 Å². The second-order valence-electron chi connectivity index (χ2n) is 8.94. The van der Waals surface area contributed by atoms with E-state index in [0.29, 0.717) is 53.9 Å². The molecule has 1 atom stereocenters. The number of amides is 1. The number of hydrogen-bond donors (Lipinski definition) is 2. The molecular weight excluding hydrogens is 475 g/mol. The van der Waals surface area contributed by atoms with Crippen molar-refractivity contribution in [2.45, 2.75) is 44.8 Å². The molecule has 1 saturated carbocycles. The third-order valence-corrected chi connectivity index (χ3v) is 6.33. The van der Waals surface area contributed by atoms with Gasteiger partial charge in [-0.2, -0.15) is 0 Å². The summed E-state index contributed by atoms with van der Waals surface area (Å²) in [5.41, 5.74) is 1.56. The lowest BCUT2D eigenvalue weighted by atomic mass is 9.79. The second-order valence-corrected chi connectivity index (χ2v) is 8.94. The van der Waals surface area contributed by atoms with E-state index in [1.165, 1.54) is 6.07 Å². The van der Waals surface area contributed by atoms with Gasteiger partial charge in [0.05, 0.1) is 30.3 Å². The molecular formula is C27H27FN6O3. The van der Waals surface area contributed by atoms with Crippen molar-refractivity contribution in [3.8, 4) is 23.0 Å². The molecule has 0 spiro atoms. The summed E-state index contributed by atoms with van der Waals surface area (Å²) in [6, 6.07) is 14.9. The van der Waals surface area contributed by atoms with Crippen LogP contribution in [0.4, 0.5) is 4.39 Å². The standard InChI is InChI=1S/C27H27FN6O3/c1-3-37-19-11-12-22(29-15-19)26-33-32-25(34(26)24-10-5-4-7-20(24)28)17-13-18(14-17)30-27(36)23-9-6-8-21(31-23)16(2)35/h4-12,15-18,35H,3,13-14H2,1-2H3,(H,30,36)/t16?,17-,18-. The fourth-order valence-corrected chi connectivity index (χ4v) is 4.38. The molecule has 37 heavy (non-hydrogen) atoms. The van der Waals surface area contributed by atoms with E-state index in [0.717, 1.165) is 0 Å². The molecule has 10 heteroatoms. The van der Waals surface area contributed by atoms with Crippen LogP contribution < -0.4 is 10.1 Å². The van der Waals surface area contributed by atoms with Gasteiger partial charge in [-0.05, 0) is 63.1 Å². The van der Waals surface area contributed by atoms with Gasteiger partial charge < -0.3 is 15.2 Å². The molecule has 9 nitrogen and oxygen atoms in total. The normalized spacial score (nSPS) is 17.6. The van der Waals surface area contributed by atoms with Crippen LogP contribution in [-0.2, 0) is 0 Å². The number of aliphatic hydroxyl groups excluding tert-OH is 1. The van der Waals surface area contributed by atoms with E-state index in [4.69, 9.17) is 4.74 Å². The molecule has 0 saturated heterocycles. The van der Waals surface area contributed by atoms with Gasteiger partial charge in [-0.1, -0.05) is 18.2 Å². The average Bonchev–Trinajstić information content (AvgIpc) is 3.31. The largest absolute Gasteiger partial charge is 0.492 e. The summed E-state index contributed by atoms with van der Waals surface area (Å²) >= 11 is 0. The molecule has 0 radical (unpaired) electrons. The van der Waals surface area contributed by atoms with Gasteiger partial charge >= 0.3 is 0 Å². The number of nitrogens with one attached hydrogen (secondary N) is 1. The highest BCUT2D eigenvalue weighted by atomic mass is 19.1. The van der Waals surface area contributed by atoms with Gasteiger partial charge in [0.25, 0.3) is 5.91 Å². The van der Waals surface area contributed by atoms with Crippen molar-refractivity contribution < 1.29 is 19.0 Å². The fraction of sp³-hybridized carbons (Fsp3) is 0.296. The van der Waals surface area contributed by atoms with Gasteiger partial charge in [0.2, 0.25) is 0 Å². The van der Waals surface area contributed by atoms with Crippen molar-refractivity contribution in [3.05, 3.63) is 83.8 Å². The van der Waals surface area contributed by atoms with Gasteiger partial charge in [-0.25, -0.2) is 14.4 Å². The van der Waals surface area contributed by atoms with E-state index < -0.39 is 11.9 Å². The fourth-order valence-electron chi connectivity index (χ4n) is 4.38. The number of ether oxygens (including phenoxy) is 1. The van der Waals surface area contributed by atoms with E-state index in [1.807, 2.05) is 6.92 Å². The highest BCUT2D eigenvalue weighted by Crippen LogP contribution is 2.39. The Hall–Kier alpha value is -4.18. The zero-order valence-corrected chi connectivity index (χ0v) is 20.5. The van der Waals surface area contributed by atoms with E-state index in [1.54, 1.807) is 66.2 Å². The predicted molar refractivity (Wildman–Crippen MR) is 134 cm³/mol. The van der Waals surface area contributed by atoms with Crippen LogP contribution in [-0.4, -0.2) is 48.4 Å². The molecule has 1 aromatic carbocycles. The first-order chi connectivity index (χ1) is 17.9. The maximum atomic E-state index is 14.9. The lowest BCUT2D eigenvalue weighted by molar-refractivity contribution is 0.0901. The summed E-state index contributed by atoms with van der Waals surface area (Å²) < 4.78 is 22.1. The number of hydrogen-bond acceptors (Lipinski definition) is 7. The minimum atomic E-state index is -0.760. The summed E-state index contributed by atoms with van der Waals surface area (Å²) in [6.07, 6.45) is 2.08. The Labute approximate surface area is 213 Å². The van der Waals surface area contributed by atoms with Gasteiger partial charge in [-0.15, -0.1) is 10.2 Å². The number of benzene rings is 1. The van der Waals surface area contributed by atoms with Crippen molar-refractivity contribution in [3.63, 3.8) is 0 Å². The van der Waals surface area contributed by atoms with Gasteiger partial charge in [0, 0.05) is 12.0 Å². The summed E-state index contributed by atoms with van der Waals surface area (Å²) in [5, 5.41) is 21.5. The molecule has 0 aliphatic heterocycles. The average molecular weight is 503 g/mol. The SMILES string of the molecule is CCOc1ccc(-c2nnc([C@H]3C[C@H](NC(=O)c4cccc(C(C)O)n4)C3)n2-c2ccccc2F)nc1. The third-order valence-electron chi connectivity index (χ3n) is 6.33. The molecule has 3 aromatic heterocycles. The minimum absolute atomic E-state index is 0.0365. The smallest absolute Gasteiger partial charge is 0.270 e. The van der Waals surface area contributed by atoms with E-state index in [-0.39, 0.29) is 23.6 Å². The number of carbonyl (C=O) groups excluding carboxylic acids is 1. The Bertz CT molecular complexity index is 1400. The summed E-state index contributed by atoms with van der Waals surface area (Å²) in [4.78, 5) is 21.4. The Morgan fingerprint density at radius 1 is 1.16 bits per heavy atom. The zero-order valence-electron chi connectivity index (χ0n) is 20.5. The predicted octanol–water partition coefficient (Wildman–Crippen LogP) is 3.99. The number of pyridine rings is 2. The Morgan fingerprint density at radius 3 is 2.68 bits per heavy atom. The molecule has 2 N–H and O–H groups in total. The van der Waals surface area contributed by atoms with Crippen LogP contribution in [0.3, 0.4) is 0 Å². The number of halogens is 1. The Balaban J connectivity index is 1.37. The van der Waals surface area contributed by atoms with Crippen LogP contribution >= 0.6 is 0 Å². The molecule has 1 unspecified atom stereocenters. The van der Waals surface area contributed by atoms with Crippen LogP contribution in [0.1, 0.15) is 60.7 Å². The van der Waals surface area contributed by atoms with Gasteiger partial charge in [0.15, 0.2) is 5.82 Å². The minimum Gasteiger partial charge on any atom is -0.492 e. The van der Waals surface area contributed by atoms with Crippen molar-refractivity contribution in [1.29, 1.82) is 0 Å². The number of para-hydroxylation sites is 1. The zero-order chi connectivity index (χ0) is 25.9. The highest BCUT2D eigenvalue weighted by Gasteiger charge is 2.36. The molecule has 1 aliphatic rings. The summed E-state index contributed by atoms with van der Waals surface area (Å²) in [7, 11) is 0. The van der Waals surface area contributed by atoms with Crippen LogP contribution in [0, 0.1) is 5.82 Å². The van der Waals surface area contributed by atoms with Crippen molar-refractivity contribution in [2.24, 2.45) is 0 Å². The van der Waals surface area contributed by atoms with Crippen LogP contribution in [0.2, 0.25) is 0 Å². The van der Waals surface area contributed by atoms with Crippen molar-refractivity contribution >= 4 is 5.91 Å². The molecule has 5 rings (SSSR count). The maximum Gasteiger partial charge on any atom is 0.270 e. The molecule has 1 amide bonds. The van der Waals surface area contributed by atoms with Crippen LogP contribution in [0.25, 0.3) is 17.2 Å². The van der Waals surface area contributed by atoms with E-state index >= 15 is 0 Å². The first kappa shape index (κ1) is 24.5. The second kappa shape index (κ2) is 10.4. The monoisotopic (exact) mass is 502 g/mol. The van der Waals surface area contributed by atoms with Crippen LogP contribution in [0.5, 0.6) is 5.75 Å². The topological polar surface area (TPSA) is 115 Å². The van der Waals surface area contributed by atoms with E-state index in [9.17, 15) is 14.3 Å². The number of aliphatic hydroxyl groups is 1. The van der Waals surface area contributed by atoms with Gasteiger partial charge in [-0.3, -0.25) is 9.36 Å². The Morgan fingerprint density at radius 2 is 1.97 bits per heavy atom. The first-order valence-corrected chi connectivity index (χ1v) is 12.2.